The third-order valence-electron chi connectivity index (χ3n) is 3.25. The molecule has 0 fully saturated rings. The van der Waals surface area contributed by atoms with Crippen molar-refractivity contribution in [1.29, 1.82) is 0 Å². The van der Waals surface area contributed by atoms with E-state index in [4.69, 9.17) is 0 Å². The molecule has 29 heavy (non-hydrogen) atoms. The Bertz CT molecular complexity index is 687. The molecule has 0 atom stereocenters. The van der Waals surface area contributed by atoms with Gasteiger partial charge in [0, 0.05) is 36.7 Å². The second-order valence-electron chi connectivity index (χ2n) is 6.07. The van der Waals surface area contributed by atoms with Crippen LogP contribution in [0, 0.1) is 27.7 Å². The molecule has 0 radical (unpaired) electrons. The van der Waals surface area contributed by atoms with Crippen molar-refractivity contribution in [2.45, 2.75) is 35.1 Å². The predicted octanol–water partition coefficient (Wildman–Crippen LogP) is 6.20. The standard InChI is InChI=1S/C7H8.2C6H7N.C5H6N2.CH4/c1-7-5-3-2-4-6-7;1-6-3-2-4-7-5-6;1-6-4-2-3-5-7-6;1-5-2-6-4-7-3-5;/h2-6H,1H3;2*2-5H,1H3;2-4H,1H3;1H4. The van der Waals surface area contributed by atoms with Crippen LogP contribution in [0.3, 0.4) is 0 Å². The number of rotatable bonds is 0. The fourth-order valence-corrected chi connectivity index (χ4v) is 1.80. The topological polar surface area (TPSA) is 51.6 Å². The summed E-state index contributed by atoms with van der Waals surface area (Å²) < 4.78 is 0. The highest BCUT2D eigenvalue weighted by Gasteiger charge is 1.75. The zero-order valence-electron chi connectivity index (χ0n) is 17.0. The predicted molar refractivity (Wildman–Crippen MR) is 123 cm³/mol. The van der Waals surface area contributed by atoms with Gasteiger partial charge in [-0.25, -0.2) is 9.97 Å². The highest BCUT2D eigenvalue weighted by molar-refractivity contribution is 5.11. The van der Waals surface area contributed by atoms with Gasteiger partial charge >= 0.3 is 0 Å². The molecular formula is C25H32N4. The minimum absolute atomic E-state index is 0. The lowest BCUT2D eigenvalue weighted by molar-refractivity contribution is 1.13. The summed E-state index contributed by atoms with van der Waals surface area (Å²) >= 11 is 0. The molecule has 0 bridgehead atoms. The first-order chi connectivity index (χ1) is 13.6. The van der Waals surface area contributed by atoms with E-state index in [1.807, 2.05) is 75.5 Å². The number of hydrogen-bond donors (Lipinski definition) is 0. The van der Waals surface area contributed by atoms with Crippen molar-refractivity contribution >= 4 is 0 Å². The summed E-state index contributed by atoms with van der Waals surface area (Å²) in [4.78, 5) is 15.4. The van der Waals surface area contributed by atoms with E-state index in [9.17, 15) is 0 Å². The van der Waals surface area contributed by atoms with E-state index in [2.05, 4.69) is 39.0 Å². The Hall–Kier alpha value is -3.40. The lowest BCUT2D eigenvalue weighted by Crippen LogP contribution is -1.75. The molecule has 4 rings (SSSR count). The van der Waals surface area contributed by atoms with E-state index in [0.29, 0.717) is 0 Å². The molecule has 4 aromatic rings. The summed E-state index contributed by atoms with van der Waals surface area (Å²) in [5.74, 6) is 0. The lowest BCUT2D eigenvalue weighted by atomic mass is 10.2. The molecule has 0 aliphatic heterocycles. The zero-order chi connectivity index (χ0) is 20.5. The SMILES string of the molecule is C.Cc1ccccc1.Cc1ccccn1.Cc1cccnc1.Cc1cncnc1. The van der Waals surface area contributed by atoms with Gasteiger partial charge in [0.2, 0.25) is 0 Å². The molecule has 152 valence electrons. The van der Waals surface area contributed by atoms with Gasteiger partial charge in [-0.1, -0.05) is 55.5 Å². The third-order valence-corrected chi connectivity index (χ3v) is 3.25. The Morgan fingerprint density at radius 3 is 1.38 bits per heavy atom. The van der Waals surface area contributed by atoms with Gasteiger partial charge in [-0.15, -0.1) is 0 Å². The van der Waals surface area contributed by atoms with Crippen LogP contribution in [0.15, 0.2) is 98.0 Å². The molecule has 0 saturated carbocycles. The van der Waals surface area contributed by atoms with Gasteiger partial charge in [0.1, 0.15) is 6.33 Å². The molecular weight excluding hydrogens is 356 g/mol. The van der Waals surface area contributed by atoms with Crippen molar-refractivity contribution in [2.24, 2.45) is 0 Å². The number of nitrogens with zero attached hydrogens (tertiary/aromatic N) is 4. The van der Waals surface area contributed by atoms with Crippen LogP contribution < -0.4 is 0 Å². The van der Waals surface area contributed by atoms with E-state index in [0.717, 1.165) is 11.3 Å². The molecule has 0 N–H and O–H groups in total. The number of hydrogen-bond acceptors (Lipinski definition) is 4. The van der Waals surface area contributed by atoms with Crippen molar-refractivity contribution in [1.82, 2.24) is 19.9 Å². The minimum Gasteiger partial charge on any atom is -0.264 e. The molecule has 0 saturated heterocycles. The number of pyridine rings is 2. The fourth-order valence-electron chi connectivity index (χ4n) is 1.80. The van der Waals surface area contributed by atoms with Crippen molar-refractivity contribution in [3.05, 3.63) is 120 Å². The normalized spacial score (nSPS) is 8.41. The van der Waals surface area contributed by atoms with Gasteiger partial charge in [-0.3, -0.25) is 9.97 Å². The van der Waals surface area contributed by atoms with Crippen LogP contribution in [0.5, 0.6) is 0 Å². The zero-order valence-corrected chi connectivity index (χ0v) is 17.0. The first-order valence-electron chi connectivity index (χ1n) is 9.05. The summed E-state index contributed by atoms with van der Waals surface area (Å²) in [6.45, 7) is 8.03. The Morgan fingerprint density at radius 1 is 0.517 bits per heavy atom. The molecule has 0 unspecified atom stereocenters. The van der Waals surface area contributed by atoms with E-state index in [1.54, 1.807) is 24.8 Å². The molecule has 0 amide bonds. The van der Waals surface area contributed by atoms with Gasteiger partial charge < -0.3 is 0 Å². The van der Waals surface area contributed by atoms with Gasteiger partial charge in [-0.2, -0.15) is 0 Å². The maximum atomic E-state index is 3.98. The van der Waals surface area contributed by atoms with Crippen LogP contribution in [0.4, 0.5) is 0 Å². The van der Waals surface area contributed by atoms with Crippen molar-refractivity contribution in [3.8, 4) is 0 Å². The highest BCUT2D eigenvalue weighted by atomic mass is 14.8. The van der Waals surface area contributed by atoms with Crippen molar-refractivity contribution in [2.75, 3.05) is 0 Å². The van der Waals surface area contributed by atoms with Gasteiger partial charge in [0.25, 0.3) is 0 Å². The van der Waals surface area contributed by atoms with Crippen molar-refractivity contribution < 1.29 is 0 Å². The van der Waals surface area contributed by atoms with Gasteiger partial charge in [0.15, 0.2) is 0 Å². The smallest absolute Gasteiger partial charge is 0.115 e. The number of aryl methyl sites for hydroxylation is 4. The van der Waals surface area contributed by atoms with Crippen LogP contribution >= 0.6 is 0 Å². The monoisotopic (exact) mass is 388 g/mol. The molecule has 3 aromatic heterocycles. The minimum atomic E-state index is 0. The van der Waals surface area contributed by atoms with E-state index in [1.165, 1.54) is 17.5 Å². The molecule has 0 aliphatic rings. The fraction of sp³-hybridized carbons (Fsp3) is 0.200. The quantitative estimate of drug-likeness (QED) is 0.360. The summed E-state index contributed by atoms with van der Waals surface area (Å²) in [6, 6.07) is 20.1. The highest BCUT2D eigenvalue weighted by Crippen LogP contribution is 1.92. The van der Waals surface area contributed by atoms with Crippen molar-refractivity contribution in [3.63, 3.8) is 0 Å². The average molecular weight is 389 g/mol. The van der Waals surface area contributed by atoms with Crippen LogP contribution in [0.1, 0.15) is 29.8 Å². The van der Waals surface area contributed by atoms with Gasteiger partial charge in [0.05, 0.1) is 0 Å². The summed E-state index contributed by atoms with van der Waals surface area (Å²) in [5, 5.41) is 0. The van der Waals surface area contributed by atoms with E-state index in [-0.39, 0.29) is 7.43 Å². The summed E-state index contributed by atoms with van der Waals surface area (Å²) in [7, 11) is 0. The van der Waals surface area contributed by atoms with E-state index < -0.39 is 0 Å². The molecule has 3 heterocycles. The maximum absolute atomic E-state index is 3.98. The Morgan fingerprint density at radius 2 is 1.10 bits per heavy atom. The first-order valence-corrected chi connectivity index (χ1v) is 9.05. The van der Waals surface area contributed by atoms with E-state index >= 15 is 0 Å². The van der Waals surface area contributed by atoms with Crippen LogP contribution in [0.2, 0.25) is 0 Å². The summed E-state index contributed by atoms with van der Waals surface area (Å²) in [6.07, 6.45) is 10.5. The van der Waals surface area contributed by atoms with Crippen LogP contribution in [0.25, 0.3) is 0 Å². The second kappa shape index (κ2) is 16.8. The Balaban J connectivity index is 0.000000356. The summed E-state index contributed by atoms with van der Waals surface area (Å²) in [5.41, 5.74) is 4.70. The van der Waals surface area contributed by atoms with Crippen LogP contribution in [-0.4, -0.2) is 19.9 Å². The molecule has 0 spiro atoms. The molecule has 0 aliphatic carbocycles. The Labute approximate surface area is 175 Å². The number of aromatic nitrogens is 4. The third kappa shape index (κ3) is 15.4. The Kier molecular flexibility index (Phi) is 14.8. The average Bonchev–Trinajstić information content (AvgIpc) is 2.72. The molecule has 1 aromatic carbocycles. The van der Waals surface area contributed by atoms with Gasteiger partial charge in [-0.05, 0) is 57.0 Å². The maximum Gasteiger partial charge on any atom is 0.115 e. The lowest BCUT2D eigenvalue weighted by Gasteiger charge is -1.82. The largest absolute Gasteiger partial charge is 0.264 e. The van der Waals surface area contributed by atoms with Crippen LogP contribution in [-0.2, 0) is 0 Å². The number of benzene rings is 1. The second-order valence-corrected chi connectivity index (χ2v) is 6.07. The molecule has 4 nitrogen and oxygen atoms in total. The molecule has 4 heteroatoms. The first kappa shape index (κ1) is 25.6.